The number of alkyl halides is 6. The Labute approximate surface area is 240 Å². The van der Waals surface area contributed by atoms with Crippen LogP contribution in [0, 0.1) is 25.2 Å². The second-order valence-electron chi connectivity index (χ2n) is 9.07. The van der Waals surface area contributed by atoms with Crippen LogP contribution in [-0.2, 0) is 9.59 Å². The third-order valence-corrected chi connectivity index (χ3v) is 6.13. The fourth-order valence-electron chi connectivity index (χ4n) is 4.07. The average Bonchev–Trinajstić information content (AvgIpc) is 3.21. The molecule has 2 aromatic heterocycles. The first kappa shape index (κ1) is 34.5. The van der Waals surface area contributed by atoms with Crippen LogP contribution in [0.25, 0.3) is 11.0 Å². The number of carboxylic acid groups (broad SMARTS) is 2. The molecule has 1 atom stereocenters. The molecular formula is C25H27F6N7O5. The molecular weight excluding hydrogens is 592 g/mol. The quantitative estimate of drug-likeness (QED) is 0.304. The van der Waals surface area contributed by atoms with Crippen molar-refractivity contribution in [3.63, 3.8) is 0 Å². The highest BCUT2D eigenvalue weighted by molar-refractivity contribution is 5.88. The number of nitrogen functional groups attached to an aromatic ring is 1. The van der Waals surface area contributed by atoms with Gasteiger partial charge >= 0.3 is 24.3 Å². The fraction of sp³-hybridized carbons (Fsp3) is 0.440. The zero-order valence-corrected chi connectivity index (χ0v) is 23.1. The Kier molecular flexibility index (Phi) is 10.9. The number of benzene rings is 1. The number of aryl methyl sites for hydroxylation is 2. The third kappa shape index (κ3) is 8.00. The van der Waals surface area contributed by atoms with Gasteiger partial charge in [0.25, 0.3) is 0 Å². The molecule has 1 aliphatic heterocycles. The number of nitrogens with zero attached hydrogens (tertiary/aromatic N) is 5. The molecule has 3 heterocycles. The first-order chi connectivity index (χ1) is 19.9. The van der Waals surface area contributed by atoms with E-state index in [-0.39, 0.29) is 12.0 Å². The van der Waals surface area contributed by atoms with Gasteiger partial charge in [0.15, 0.2) is 5.65 Å². The number of anilines is 1. The molecule has 0 spiro atoms. The summed E-state index contributed by atoms with van der Waals surface area (Å²) in [5.74, 6) is -4.03. The maximum absolute atomic E-state index is 10.6. The molecule has 18 heteroatoms. The predicted molar refractivity (Wildman–Crippen MR) is 138 cm³/mol. The van der Waals surface area contributed by atoms with Crippen LogP contribution in [-0.4, -0.2) is 73.9 Å². The molecule has 0 aliphatic carbocycles. The molecule has 1 saturated heterocycles. The number of carboxylic acids is 2. The molecule has 5 N–H and O–H groups in total. The molecule has 1 aromatic carbocycles. The Bertz CT molecular complexity index is 1500. The van der Waals surface area contributed by atoms with Gasteiger partial charge in [0.05, 0.1) is 35.4 Å². The number of nitrogens with one attached hydrogen (secondary N) is 1. The van der Waals surface area contributed by atoms with Gasteiger partial charge in [-0.15, -0.1) is 0 Å². The molecule has 1 unspecified atom stereocenters. The normalized spacial score (nSPS) is 13.9. The molecule has 3 aromatic rings. The van der Waals surface area contributed by atoms with Crippen LogP contribution in [0.5, 0.6) is 5.75 Å². The predicted octanol–water partition coefficient (Wildman–Crippen LogP) is 3.86. The van der Waals surface area contributed by atoms with Crippen molar-refractivity contribution >= 4 is 28.8 Å². The van der Waals surface area contributed by atoms with Crippen molar-refractivity contribution in [1.82, 2.24) is 25.1 Å². The summed E-state index contributed by atoms with van der Waals surface area (Å²) in [5.41, 5.74) is 11.2. The number of hydrogen-bond donors (Lipinski definition) is 4. The summed E-state index contributed by atoms with van der Waals surface area (Å²) < 4.78 is 71.5. The number of ether oxygens (including phenoxy) is 1. The van der Waals surface area contributed by atoms with Gasteiger partial charge in [0.2, 0.25) is 0 Å². The monoisotopic (exact) mass is 619 g/mol. The fourth-order valence-corrected chi connectivity index (χ4v) is 4.07. The summed E-state index contributed by atoms with van der Waals surface area (Å²) in [5, 5.41) is 32.8. The van der Waals surface area contributed by atoms with Gasteiger partial charge in [0, 0.05) is 30.1 Å². The average molecular weight is 620 g/mol. The van der Waals surface area contributed by atoms with E-state index in [4.69, 9.17) is 35.4 Å². The molecule has 12 nitrogen and oxygen atoms in total. The van der Waals surface area contributed by atoms with E-state index >= 15 is 0 Å². The second kappa shape index (κ2) is 13.5. The first-order valence-electron chi connectivity index (χ1n) is 12.3. The smallest absolute Gasteiger partial charge is 0.490 e. The van der Waals surface area contributed by atoms with Gasteiger partial charge in [-0.1, -0.05) is 0 Å². The van der Waals surface area contributed by atoms with Crippen molar-refractivity contribution in [2.45, 2.75) is 52.0 Å². The number of aliphatic carboxylic acids is 2. The molecule has 234 valence electrons. The highest BCUT2D eigenvalue weighted by Crippen LogP contribution is 2.41. The second-order valence-corrected chi connectivity index (χ2v) is 9.07. The molecule has 0 saturated carbocycles. The molecule has 1 aliphatic rings. The number of rotatable bonds is 5. The molecule has 4 rings (SSSR count). The van der Waals surface area contributed by atoms with E-state index < -0.39 is 24.3 Å². The molecule has 0 amide bonds. The lowest BCUT2D eigenvalue weighted by Crippen LogP contribution is -2.40. The van der Waals surface area contributed by atoms with Crippen molar-refractivity contribution in [1.29, 1.82) is 5.26 Å². The maximum atomic E-state index is 10.6. The van der Waals surface area contributed by atoms with Gasteiger partial charge in [-0.05, 0) is 39.3 Å². The summed E-state index contributed by atoms with van der Waals surface area (Å²) in [6, 6.07) is 4.28. The van der Waals surface area contributed by atoms with Gasteiger partial charge in [-0.25, -0.2) is 24.2 Å². The lowest BCUT2D eigenvalue weighted by molar-refractivity contribution is -0.193. The Hall–Kier alpha value is -4.66. The van der Waals surface area contributed by atoms with Crippen LogP contribution in [0.4, 0.5) is 32.2 Å². The molecule has 0 bridgehead atoms. The minimum absolute atomic E-state index is 0.153. The van der Waals surface area contributed by atoms with Crippen LogP contribution in [0.15, 0.2) is 12.4 Å². The number of halogens is 6. The van der Waals surface area contributed by atoms with Crippen LogP contribution >= 0.6 is 0 Å². The summed E-state index contributed by atoms with van der Waals surface area (Å²) >= 11 is 0. The summed E-state index contributed by atoms with van der Waals surface area (Å²) in [4.78, 5) is 26.3. The van der Waals surface area contributed by atoms with Gasteiger partial charge < -0.3 is 26.0 Å². The van der Waals surface area contributed by atoms with Gasteiger partial charge in [0.1, 0.15) is 17.9 Å². The lowest BCUT2D eigenvalue weighted by atomic mass is 9.84. The van der Waals surface area contributed by atoms with Crippen LogP contribution in [0.1, 0.15) is 53.8 Å². The SMILES string of the molecule is CCOc1c(C(C)n2nc(C)c3c(N)ncnc32)cc(C)c(C#N)c1C1CNC1.O=C(O)C(F)(F)F.O=C(O)C(F)(F)F. The Morgan fingerprint density at radius 3 is 2.12 bits per heavy atom. The molecule has 0 radical (unpaired) electrons. The van der Waals surface area contributed by atoms with E-state index in [1.54, 1.807) is 0 Å². The first-order valence-corrected chi connectivity index (χ1v) is 12.3. The third-order valence-electron chi connectivity index (χ3n) is 6.13. The minimum atomic E-state index is -5.08. The van der Waals surface area contributed by atoms with E-state index in [0.29, 0.717) is 23.6 Å². The van der Waals surface area contributed by atoms with Crippen molar-refractivity contribution in [2.75, 3.05) is 25.4 Å². The van der Waals surface area contributed by atoms with Crippen molar-refractivity contribution in [2.24, 2.45) is 0 Å². The van der Waals surface area contributed by atoms with Gasteiger partial charge in [-0.3, -0.25) is 0 Å². The van der Waals surface area contributed by atoms with Gasteiger partial charge in [-0.2, -0.15) is 36.7 Å². The zero-order valence-electron chi connectivity index (χ0n) is 23.1. The largest absolute Gasteiger partial charge is 0.493 e. The summed E-state index contributed by atoms with van der Waals surface area (Å²) in [6.45, 7) is 10.1. The minimum Gasteiger partial charge on any atom is -0.493 e. The number of nitriles is 1. The number of fused-ring (bicyclic) bond motifs is 1. The van der Waals surface area contributed by atoms with Crippen LogP contribution < -0.4 is 15.8 Å². The van der Waals surface area contributed by atoms with E-state index in [2.05, 4.69) is 28.3 Å². The molecule has 1 fully saturated rings. The standard InChI is InChI=1S/C21H25N7O.2C2HF3O2/c1-5-29-19-15(6-11(2)16(7-22)18(19)14-8-24-9-14)13(4)28-21-17(12(3)27-28)20(23)25-10-26-21;2*3-2(4,5)1(6)7/h6,10,13-14,24H,5,8-9H2,1-4H3,(H2,23,25,26);2*(H,6,7). The highest BCUT2D eigenvalue weighted by atomic mass is 19.4. The number of hydrogen-bond acceptors (Lipinski definition) is 9. The van der Waals surface area contributed by atoms with Crippen LogP contribution in [0.2, 0.25) is 0 Å². The molecule has 43 heavy (non-hydrogen) atoms. The summed E-state index contributed by atoms with van der Waals surface area (Å²) in [7, 11) is 0. The maximum Gasteiger partial charge on any atom is 0.490 e. The Balaban J connectivity index is 0.000000384. The number of nitrogens with two attached hydrogens (primary N) is 1. The highest BCUT2D eigenvalue weighted by Gasteiger charge is 2.39. The van der Waals surface area contributed by atoms with E-state index in [1.807, 2.05) is 31.5 Å². The number of carbonyl (C=O) groups is 2. The Morgan fingerprint density at radius 1 is 1.16 bits per heavy atom. The summed E-state index contributed by atoms with van der Waals surface area (Å²) in [6.07, 6.45) is -8.71. The van der Waals surface area contributed by atoms with E-state index in [1.165, 1.54) is 6.33 Å². The van der Waals surface area contributed by atoms with E-state index in [9.17, 15) is 31.6 Å². The van der Waals surface area contributed by atoms with Crippen molar-refractivity contribution in [3.8, 4) is 11.8 Å². The van der Waals surface area contributed by atoms with E-state index in [0.717, 1.165) is 46.6 Å². The topological polar surface area (TPSA) is 189 Å². The zero-order chi connectivity index (χ0) is 32.9. The number of aromatic nitrogens is 4. The Morgan fingerprint density at radius 2 is 1.70 bits per heavy atom. The lowest BCUT2D eigenvalue weighted by Gasteiger charge is -2.32. The van der Waals surface area contributed by atoms with Crippen LogP contribution in [0.3, 0.4) is 0 Å². The van der Waals surface area contributed by atoms with Crippen molar-refractivity contribution in [3.05, 3.63) is 40.3 Å². The van der Waals surface area contributed by atoms with Crippen molar-refractivity contribution < 1.29 is 50.9 Å².